The first kappa shape index (κ1) is 8.53. The van der Waals surface area contributed by atoms with Crippen LogP contribution in [-0.4, -0.2) is 25.4 Å². The van der Waals surface area contributed by atoms with Crippen molar-refractivity contribution in [3.05, 3.63) is 29.8 Å². The molecule has 1 aromatic rings. The van der Waals surface area contributed by atoms with E-state index in [1.54, 1.807) is 19.2 Å². The van der Waals surface area contributed by atoms with E-state index in [9.17, 15) is 5.11 Å². The zero-order valence-corrected chi connectivity index (χ0v) is 7.49. The Bertz CT molecular complexity index is 305. The smallest absolute Gasteiger partial charge is 0.143 e. The standard InChI is InChI=1S/C10H12O3/c1-12-6-10(7-13-10)8-4-2-3-5-9(8)11/h2-5,11H,6-7H2,1H3. The molecule has 0 amide bonds. The van der Waals surface area contributed by atoms with Gasteiger partial charge in [-0.2, -0.15) is 0 Å². The molecule has 0 saturated carbocycles. The predicted molar refractivity (Wildman–Crippen MR) is 47.6 cm³/mol. The summed E-state index contributed by atoms with van der Waals surface area (Å²) in [4.78, 5) is 0. The number of epoxide rings is 1. The van der Waals surface area contributed by atoms with Crippen LogP contribution in [0.15, 0.2) is 24.3 Å². The van der Waals surface area contributed by atoms with Gasteiger partial charge < -0.3 is 14.6 Å². The van der Waals surface area contributed by atoms with Gasteiger partial charge in [0.05, 0.1) is 13.2 Å². The third-order valence-electron chi connectivity index (χ3n) is 2.27. The zero-order valence-electron chi connectivity index (χ0n) is 7.49. The second kappa shape index (κ2) is 3.01. The number of phenolic OH excluding ortho intramolecular Hbond substituents is 1. The van der Waals surface area contributed by atoms with Gasteiger partial charge in [0, 0.05) is 12.7 Å². The molecule has 0 spiro atoms. The molecule has 0 bridgehead atoms. The van der Waals surface area contributed by atoms with E-state index in [-0.39, 0.29) is 11.4 Å². The van der Waals surface area contributed by atoms with Crippen LogP contribution in [0.2, 0.25) is 0 Å². The van der Waals surface area contributed by atoms with E-state index in [1.165, 1.54) is 0 Å². The number of rotatable bonds is 3. The SMILES string of the molecule is COCC1(c2ccccc2O)CO1. The summed E-state index contributed by atoms with van der Waals surface area (Å²) >= 11 is 0. The zero-order chi connectivity index (χ0) is 9.31. The van der Waals surface area contributed by atoms with Gasteiger partial charge in [-0.3, -0.25) is 0 Å². The number of aromatic hydroxyl groups is 1. The quantitative estimate of drug-likeness (QED) is 0.712. The molecule has 1 aromatic carbocycles. The lowest BCUT2D eigenvalue weighted by Gasteiger charge is -2.12. The van der Waals surface area contributed by atoms with E-state index in [1.807, 2.05) is 12.1 Å². The molecule has 1 saturated heterocycles. The van der Waals surface area contributed by atoms with Gasteiger partial charge in [0.15, 0.2) is 0 Å². The van der Waals surface area contributed by atoms with Crippen LogP contribution in [0.5, 0.6) is 5.75 Å². The van der Waals surface area contributed by atoms with Crippen molar-refractivity contribution < 1.29 is 14.6 Å². The lowest BCUT2D eigenvalue weighted by Crippen LogP contribution is -2.15. The number of methoxy groups -OCH3 is 1. The maximum Gasteiger partial charge on any atom is 0.143 e. The maximum absolute atomic E-state index is 9.58. The summed E-state index contributed by atoms with van der Waals surface area (Å²) in [6, 6.07) is 7.20. The summed E-state index contributed by atoms with van der Waals surface area (Å²) in [6.07, 6.45) is 0. The van der Waals surface area contributed by atoms with Crippen LogP contribution in [0, 0.1) is 0 Å². The van der Waals surface area contributed by atoms with Crippen LogP contribution in [-0.2, 0) is 15.1 Å². The van der Waals surface area contributed by atoms with Crippen molar-refractivity contribution in [3.8, 4) is 5.75 Å². The van der Waals surface area contributed by atoms with Crippen molar-refractivity contribution in [3.63, 3.8) is 0 Å². The normalized spacial score (nSPS) is 25.9. The Morgan fingerprint density at radius 3 is 2.77 bits per heavy atom. The van der Waals surface area contributed by atoms with Gasteiger partial charge in [0.2, 0.25) is 0 Å². The molecular formula is C10H12O3. The minimum atomic E-state index is -0.389. The van der Waals surface area contributed by atoms with E-state index >= 15 is 0 Å². The van der Waals surface area contributed by atoms with Gasteiger partial charge >= 0.3 is 0 Å². The topological polar surface area (TPSA) is 42.0 Å². The summed E-state index contributed by atoms with van der Waals surface area (Å²) in [5.41, 5.74) is 0.428. The van der Waals surface area contributed by atoms with Gasteiger partial charge in [0.1, 0.15) is 11.4 Å². The Kier molecular flexibility index (Phi) is 1.98. The molecule has 2 rings (SSSR count). The number of para-hydroxylation sites is 1. The summed E-state index contributed by atoms with van der Waals surface area (Å²) in [5, 5.41) is 9.58. The second-order valence-electron chi connectivity index (χ2n) is 3.23. The van der Waals surface area contributed by atoms with Crippen LogP contribution >= 0.6 is 0 Å². The highest BCUT2D eigenvalue weighted by Crippen LogP contribution is 2.42. The van der Waals surface area contributed by atoms with Gasteiger partial charge in [-0.1, -0.05) is 18.2 Å². The molecule has 3 heteroatoms. The van der Waals surface area contributed by atoms with Crippen molar-refractivity contribution in [2.24, 2.45) is 0 Å². The highest BCUT2D eigenvalue weighted by Gasteiger charge is 2.48. The molecule has 1 atom stereocenters. The van der Waals surface area contributed by atoms with E-state index in [4.69, 9.17) is 9.47 Å². The first-order valence-electron chi connectivity index (χ1n) is 4.20. The van der Waals surface area contributed by atoms with Crippen molar-refractivity contribution in [1.29, 1.82) is 0 Å². The minimum absolute atomic E-state index is 0.275. The average Bonchev–Trinajstić information content (AvgIpc) is 2.87. The third kappa shape index (κ3) is 1.41. The Hall–Kier alpha value is -1.06. The van der Waals surface area contributed by atoms with Gasteiger partial charge in [-0.25, -0.2) is 0 Å². The van der Waals surface area contributed by atoms with E-state index < -0.39 is 0 Å². The molecule has 0 radical (unpaired) electrons. The molecule has 3 nitrogen and oxygen atoms in total. The van der Waals surface area contributed by atoms with E-state index in [0.29, 0.717) is 13.2 Å². The number of hydrogen-bond acceptors (Lipinski definition) is 3. The summed E-state index contributed by atoms with van der Waals surface area (Å²) < 4.78 is 10.4. The number of ether oxygens (including phenoxy) is 2. The number of benzene rings is 1. The minimum Gasteiger partial charge on any atom is -0.508 e. The Morgan fingerprint density at radius 1 is 1.54 bits per heavy atom. The van der Waals surface area contributed by atoms with Crippen LogP contribution in [0.1, 0.15) is 5.56 Å². The van der Waals surface area contributed by atoms with Crippen LogP contribution < -0.4 is 0 Å². The van der Waals surface area contributed by atoms with Gasteiger partial charge in [-0.05, 0) is 6.07 Å². The highest BCUT2D eigenvalue weighted by atomic mass is 16.6. The largest absolute Gasteiger partial charge is 0.508 e. The predicted octanol–water partition coefficient (Wildman–Crippen LogP) is 1.26. The lowest BCUT2D eigenvalue weighted by atomic mass is 10.00. The summed E-state index contributed by atoms with van der Waals surface area (Å²) in [5.74, 6) is 0.275. The molecular weight excluding hydrogens is 168 g/mol. The molecule has 0 aliphatic carbocycles. The monoisotopic (exact) mass is 180 g/mol. The Labute approximate surface area is 76.9 Å². The highest BCUT2D eigenvalue weighted by molar-refractivity contribution is 5.39. The van der Waals surface area contributed by atoms with Crippen molar-refractivity contribution in [2.75, 3.05) is 20.3 Å². The fourth-order valence-corrected chi connectivity index (χ4v) is 1.50. The number of hydrogen-bond donors (Lipinski definition) is 1. The Morgan fingerprint density at radius 2 is 2.23 bits per heavy atom. The average molecular weight is 180 g/mol. The summed E-state index contributed by atoms with van der Waals surface area (Å²) in [6.45, 7) is 1.11. The lowest BCUT2D eigenvalue weighted by molar-refractivity contribution is 0.119. The molecule has 1 heterocycles. The summed E-state index contributed by atoms with van der Waals surface area (Å²) in [7, 11) is 1.63. The van der Waals surface area contributed by atoms with E-state index in [0.717, 1.165) is 5.56 Å². The fourth-order valence-electron chi connectivity index (χ4n) is 1.50. The van der Waals surface area contributed by atoms with Crippen LogP contribution in [0.25, 0.3) is 0 Å². The molecule has 1 aliphatic heterocycles. The maximum atomic E-state index is 9.58. The third-order valence-corrected chi connectivity index (χ3v) is 2.27. The molecule has 1 fully saturated rings. The van der Waals surface area contributed by atoms with Crippen molar-refractivity contribution >= 4 is 0 Å². The van der Waals surface area contributed by atoms with Crippen LogP contribution in [0.3, 0.4) is 0 Å². The van der Waals surface area contributed by atoms with Gasteiger partial charge in [-0.15, -0.1) is 0 Å². The molecule has 0 aromatic heterocycles. The fraction of sp³-hybridized carbons (Fsp3) is 0.400. The number of phenols is 1. The first-order chi connectivity index (χ1) is 6.28. The van der Waals surface area contributed by atoms with Crippen molar-refractivity contribution in [1.82, 2.24) is 0 Å². The molecule has 13 heavy (non-hydrogen) atoms. The second-order valence-corrected chi connectivity index (χ2v) is 3.23. The van der Waals surface area contributed by atoms with E-state index in [2.05, 4.69) is 0 Å². The molecule has 1 aliphatic rings. The van der Waals surface area contributed by atoms with Gasteiger partial charge in [0.25, 0.3) is 0 Å². The van der Waals surface area contributed by atoms with Crippen molar-refractivity contribution in [2.45, 2.75) is 5.60 Å². The van der Waals surface area contributed by atoms with Crippen LogP contribution in [0.4, 0.5) is 0 Å². The Balaban J connectivity index is 2.30. The first-order valence-corrected chi connectivity index (χ1v) is 4.20. The molecule has 70 valence electrons. The molecule has 1 N–H and O–H groups in total. The molecule has 1 unspecified atom stereocenters.